The van der Waals surface area contributed by atoms with Gasteiger partial charge in [-0.3, -0.25) is 9.69 Å². The lowest BCUT2D eigenvalue weighted by atomic mass is 9.88. The van der Waals surface area contributed by atoms with Gasteiger partial charge in [-0.2, -0.15) is 0 Å². The number of anilines is 1. The molecule has 0 bridgehead atoms. The Balaban J connectivity index is 1.81. The number of urea groups is 1. The van der Waals surface area contributed by atoms with Crippen molar-refractivity contribution >= 4 is 23.6 Å². The number of hydrogen-bond acceptors (Lipinski definition) is 4. The molecule has 1 unspecified atom stereocenters. The number of esters is 1. The summed E-state index contributed by atoms with van der Waals surface area (Å²) in [7, 11) is 0. The van der Waals surface area contributed by atoms with Crippen molar-refractivity contribution in [2.24, 2.45) is 11.8 Å². The topological polar surface area (TPSA) is 87.7 Å². The van der Waals surface area contributed by atoms with Gasteiger partial charge in [0.2, 0.25) is 5.91 Å². The Bertz CT molecular complexity index is 885. The van der Waals surface area contributed by atoms with Crippen LogP contribution in [0, 0.1) is 11.8 Å². The number of hydrogen-bond donors (Lipinski definition) is 2. The number of nitrogens with one attached hydrogen (secondary N) is 2. The van der Waals surface area contributed by atoms with Gasteiger partial charge in [0, 0.05) is 23.8 Å². The van der Waals surface area contributed by atoms with Crippen molar-refractivity contribution in [2.45, 2.75) is 72.3 Å². The number of benzene rings is 1. The van der Waals surface area contributed by atoms with Gasteiger partial charge in [0.05, 0.1) is 18.2 Å². The fourth-order valence-electron chi connectivity index (χ4n) is 4.48. The molecule has 1 aromatic rings. The zero-order valence-corrected chi connectivity index (χ0v) is 20.3. The van der Waals surface area contributed by atoms with Gasteiger partial charge < -0.3 is 15.4 Å². The molecule has 3 rings (SSSR count). The molecule has 1 heterocycles. The van der Waals surface area contributed by atoms with Crippen molar-refractivity contribution in [3.63, 3.8) is 0 Å². The lowest BCUT2D eigenvalue weighted by Gasteiger charge is -2.35. The van der Waals surface area contributed by atoms with E-state index < -0.39 is 12.0 Å². The molecule has 1 fully saturated rings. The van der Waals surface area contributed by atoms with Crippen LogP contribution in [0.15, 0.2) is 35.5 Å². The van der Waals surface area contributed by atoms with Crippen molar-refractivity contribution < 1.29 is 19.1 Å². The van der Waals surface area contributed by atoms with Crippen LogP contribution in [0.1, 0.15) is 77.8 Å². The first kappa shape index (κ1) is 24.8. The van der Waals surface area contributed by atoms with Crippen LogP contribution in [0.3, 0.4) is 0 Å². The molecule has 33 heavy (non-hydrogen) atoms. The average Bonchev–Trinajstić information content (AvgIpc) is 2.81. The predicted molar refractivity (Wildman–Crippen MR) is 128 cm³/mol. The molecule has 7 heteroatoms. The van der Waals surface area contributed by atoms with Gasteiger partial charge in [0.15, 0.2) is 0 Å². The Labute approximate surface area is 196 Å². The highest BCUT2D eigenvalue weighted by atomic mass is 16.5. The van der Waals surface area contributed by atoms with E-state index in [4.69, 9.17) is 4.74 Å². The minimum absolute atomic E-state index is 0.0670. The second kappa shape index (κ2) is 11.3. The molecule has 2 N–H and O–H groups in total. The van der Waals surface area contributed by atoms with Crippen LogP contribution in [0.25, 0.3) is 0 Å². The van der Waals surface area contributed by atoms with Crippen LogP contribution in [0.5, 0.6) is 0 Å². The number of carbonyl (C=O) groups excluding carboxylic acids is 3. The van der Waals surface area contributed by atoms with Gasteiger partial charge >= 0.3 is 12.0 Å². The summed E-state index contributed by atoms with van der Waals surface area (Å²) in [6, 6.07) is 6.52. The largest absolute Gasteiger partial charge is 0.462 e. The normalized spacial score (nSPS) is 19.5. The maximum absolute atomic E-state index is 13.0. The van der Waals surface area contributed by atoms with E-state index >= 15 is 0 Å². The lowest BCUT2D eigenvalue weighted by Crippen LogP contribution is -2.48. The van der Waals surface area contributed by atoms with Gasteiger partial charge in [0.1, 0.15) is 0 Å². The predicted octanol–water partition coefficient (Wildman–Crippen LogP) is 5.15. The number of rotatable bonds is 8. The monoisotopic (exact) mass is 455 g/mol. The highest BCUT2D eigenvalue weighted by molar-refractivity contribution is 5.95. The van der Waals surface area contributed by atoms with Crippen molar-refractivity contribution in [3.05, 3.63) is 41.1 Å². The Morgan fingerprint density at radius 3 is 2.42 bits per heavy atom. The SMILES string of the molecule is CCCN1C(=O)NC(c2ccc(NC(=O)C3CCCCC3)cc2)C(C(=O)OCC(C)C)=C1C. The molecule has 0 saturated heterocycles. The summed E-state index contributed by atoms with van der Waals surface area (Å²) in [5.74, 6) is -0.0573. The minimum Gasteiger partial charge on any atom is -0.462 e. The zero-order valence-electron chi connectivity index (χ0n) is 20.3. The summed E-state index contributed by atoms with van der Waals surface area (Å²) in [4.78, 5) is 40.0. The number of nitrogens with zero attached hydrogens (tertiary/aromatic N) is 1. The summed E-state index contributed by atoms with van der Waals surface area (Å²) in [5.41, 5.74) is 2.55. The highest BCUT2D eigenvalue weighted by Gasteiger charge is 2.36. The Morgan fingerprint density at radius 2 is 1.82 bits per heavy atom. The van der Waals surface area contributed by atoms with E-state index in [2.05, 4.69) is 10.6 Å². The first-order valence-corrected chi connectivity index (χ1v) is 12.2. The fourth-order valence-corrected chi connectivity index (χ4v) is 4.48. The van der Waals surface area contributed by atoms with Crippen molar-refractivity contribution in [3.8, 4) is 0 Å². The maximum Gasteiger partial charge on any atom is 0.338 e. The van der Waals surface area contributed by atoms with Gasteiger partial charge in [-0.25, -0.2) is 9.59 Å². The molecule has 1 aliphatic carbocycles. The minimum atomic E-state index is -0.603. The van der Waals surface area contributed by atoms with Crippen LogP contribution >= 0.6 is 0 Å². The molecule has 1 aromatic carbocycles. The molecule has 1 aliphatic heterocycles. The Hall–Kier alpha value is -2.83. The second-order valence-corrected chi connectivity index (χ2v) is 9.47. The summed E-state index contributed by atoms with van der Waals surface area (Å²) in [6.45, 7) is 8.60. The van der Waals surface area contributed by atoms with Crippen molar-refractivity contribution in [1.82, 2.24) is 10.2 Å². The summed E-state index contributed by atoms with van der Waals surface area (Å²) >= 11 is 0. The average molecular weight is 456 g/mol. The van der Waals surface area contributed by atoms with Crippen LogP contribution in [-0.4, -0.2) is 36.0 Å². The van der Waals surface area contributed by atoms with E-state index in [0.29, 0.717) is 30.1 Å². The quantitative estimate of drug-likeness (QED) is 0.530. The third-order valence-corrected chi connectivity index (χ3v) is 6.30. The number of carbonyl (C=O) groups is 3. The number of ether oxygens (including phenoxy) is 1. The molecule has 2 aliphatic rings. The Morgan fingerprint density at radius 1 is 1.15 bits per heavy atom. The molecular weight excluding hydrogens is 418 g/mol. The first-order valence-electron chi connectivity index (χ1n) is 12.2. The van der Waals surface area contributed by atoms with E-state index in [9.17, 15) is 14.4 Å². The summed E-state index contributed by atoms with van der Waals surface area (Å²) in [6.07, 6.45) is 6.08. The molecule has 1 saturated carbocycles. The lowest BCUT2D eigenvalue weighted by molar-refractivity contribution is -0.140. The fraction of sp³-hybridized carbons (Fsp3) is 0.577. The molecule has 7 nitrogen and oxygen atoms in total. The third-order valence-electron chi connectivity index (χ3n) is 6.30. The molecular formula is C26H37N3O4. The molecule has 0 aromatic heterocycles. The standard InChI is InChI=1S/C26H37N3O4/c1-5-15-29-18(4)22(25(31)33-16-17(2)3)23(28-26(29)32)19-11-13-21(14-12-19)27-24(30)20-9-7-6-8-10-20/h11-14,17,20,23H,5-10,15-16H2,1-4H3,(H,27,30)(H,28,32). The molecule has 0 spiro atoms. The van der Waals surface area contributed by atoms with E-state index in [-0.39, 0.29) is 23.8 Å². The van der Waals surface area contributed by atoms with Crippen LogP contribution < -0.4 is 10.6 Å². The molecule has 180 valence electrons. The summed E-state index contributed by atoms with van der Waals surface area (Å²) in [5, 5.41) is 5.98. The second-order valence-electron chi connectivity index (χ2n) is 9.47. The van der Waals surface area contributed by atoms with Crippen LogP contribution in [0.4, 0.5) is 10.5 Å². The van der Waals surface area contributed by atoms with Gasteiger partial charge in [-0.1, -0.05) is 52.2 Å². The molecule has 1 atom stereocenters. The number of amides is 3. The van der Waals surface area contributed by atoms with Gasteiger partial charge in [-0.15, -0.1) is 0 Å². The van der Waals surface area contributed by atoms with Gasteiger partial charge in [-0.05, 0) is 49.8 Å². The van der Waals surface area contributed by atoms with Crippen LogP contribution in [0.2, 0.25) is 0 Å². The zero-order chi connectivity index (χ0) is 24.0. The Kier molecular flexibility index (Phi) is 8.53. The smallest absolute Gasteiger partial charge is 0.338 e. The maximum atomic E-state index is 13.0. The van der Waals surface area contributed by atoms with Crippen molar-refractivity contribution in [1.29, 1.82) is 0 Å². The van der Waals surface area contributed by atoms with Crippen LogP contribution in [-0.2, 0) is 14.3 Å². The van der Waals surface area contributed by atoms with E-state index in [0.717, 1.165) is 37.7 Å². The van der Waals surface area contributed by atoms with E-state index in [1.807, 2.05) is 45.0 Å². The van der Waals surface area contributed by atoms with E-state index in [1.165, 1.54) is 6.42 Å². The molecule has 3 amide bonds. The molecule has 0 radical (unpaired) electrons. The first-order chi connectivity index (χ1) is 15.8. The van der Waals surface area contributed by atoms with Crippen molar-refractivity contribution in [2.75, 3.05) is 18.5 Å². The van der Waals surface area contributed by atoms with Gasteiger partial charge in [0.25, 0.3) is 0 Å². The van der Waals surface area contributed by atoms with E-state index in [1.54, 1.807) is 11.8 Å². The summed E-state index contributed by atoms with van der Waals surface area (Å²) < 4.78 is 5.54. The third kappa shape index (κ3) is 6.15. The number of allylic oxidation sites excluding steroid dienone is 1. The highest BCUT2D eigenvalue weighted by Crippen LogP contribution is 2.32.